The molecule has 1 aliphatic heterocycles. The van der Waals surface area contributed by atoms with Gasteiger partial charge in [0.15, 0.2) is 6.10 Å². The molecule has 0 aromatic heterocycles. The van der Waals surface area contributed by atoms with Crippen LogP contribution in [0.4, 0.5) is 0 Å². The maximum absolute atomic E-state index is 12.4. The first-order valence-corrected chi connectivity index (χ1v) is 8.02. The van der Waals surface area contributed by atoms with E-state index in [9.17, 15) is 14.7 Å². The molecule has 1 aromatic rings. The number of rotatable bonds is 6. The largest absolute Gasteiger partial charge is 0.508 e. The molecule has 0 saturated carbocycles. The molecule has 1 atom stereocenters. The van der Waals surface area contributed by atoms with E-state index >= 15 is 0 Å². The van der Waals surface area contributed by atoms with Gasteiger partial charge in [0.1, 0.15) is 11.5 Å². The predicted molar refractivity (Wildman–Crippen MR) is 87.8 cm³/mol. The van der Waals surface area contributed by atoms with Crippen LogP contribution < -0.4 is 4.74 Å². The Bertz CT molecular complexity index is 553. The number of phenols is 1. The first-order chi connectivity index (χ1) is 11.5. The average molecular weight is 336 g/mol. The standard InChI is InChI=1S/C17H24N2O5/c1-13(24-15-5-3-14(20)4-6-15)17(22)19-10-8-18(9-11-19)16(21)7-12-23-2/h3-6,13,20H,7-12H2,1-2H3. The molecule has 7 heteroatoms. The maximum atomic E-state index is 12.4. The smallest absolute Gasteiger partial charge is 0.263 e. The third kappa shape index (κ3) is 4.86. The van der Waals surface area contributed by atoms with Gasteiger partial charge >= 0.3 is 0 Å². The van der Waals surface area contributed by atoms with Crippen LogP contribution in [0.15, 0.2) is 24.3 Å². The number of hydrogen-bond acceptors (Lipinski definition) is 5. The van der Waals surface area contributed by atoms with Crippen LogP contribution >= 0.6 is 0 Å². The van der Waals surface area contributed by atoms with Crippen molar-refractivity contribution in [3.05, 3.63) is 24.3 Å². The Morgan fingerprint density at radius 1 is 1.12 bits per heavy atom. The first kappa shape index (κ1) is 18.1. The number of ether oxygens (including phenoxy) is 2. The van der Waals surface area contributed by atoms with Crippen LogP contribution in [0, 0.1) is 0 Å². The van der Waals surface area contributed by atoms with Gasteiger partial charge < -0.3 is 24.4 Å². The molecule has 1 aliphatic rings. The van der Waals surface area contributed by atoms with E-state index < -0.39 is 6.10 Å². The lowest BCUT2D eigenvalue weighted by atomic mass is 10.2. The molecular weight excluding hydrogens is 312 g/mol. The Morgan fingerprint density at radius 3 is 2.29 bits per heavy atom. The Morgan fingerprint density at radius 2 is 1.71 bits per heavy atom. The number of methoxy groups -OCH3 is 1. The van der Waals surface area contributed by atoms with Crippen molar-refractivity contribution in [1.82, 2.24) is 9.80 Å². The summed E-state index contributed by atoms with van der Waals surface area (Å²) in [5.41, 5.74) is 0. The predicted octanol–water partition coefficient (Wildman–Crippen LogP) is 0.867. The summed E-state index contributed by atoms with van der Waals surface area (Å²) in [6.45, 7) is 4.17. The SMILES string of the molecule is COCCC(=O)N1CCN(C(=O)C(C)Oc2ccc(O)cc2)CC1. The first-order valence-electron chi connectivity index (χ1n) is 8.02. The minimum absolute atomic E-state index is 0.0531. The molecule has 0 radical (unpaired) electrons. The number of nitrogens with zero attached hydrogens (tertiary/aromatic N) is 2. The maximum Gasteiger partial charge on any atom is 0.263 e. The molecule has 0 aliphatic carbocycles. The van der Waals surface area contributed by atoms with Crippen LogP contribution in [0.3, 0.4) is 0 Å². The van der Waals surface area contributed by atoms with Gasteiger partial charge in [-0.05, 0) is 31.2 Å². The van der Waals surface area contributed by atoms with Gasteiger partial charge in [-0.1, -0.05) is 0 Å². The molecule has 0 bridgehead atoms. The van der Waals surface area contributed by atoms with Crippen molar-refractivity contribution < 1.29 is 24.2 Å². The quantitative estimate of drug-likeness (QED) is 0.834. The van der Waals surface area contributed by atoms with E-state index in [1.165, 1.54) is 12.1 Å². The van der Waals surface area contributed by atoms with Crippen molar-refractivity contribution in [3.8, 4) is 11.5 Å². The van der Waals surface area contributed by atoms with Gasteiger partial charge in [-0.15, -0.1) is 0 Å². The second-order valence-corrected chi connectivity index (χ2v) is 5.70. The van der Waals surface area contributed by atoms with Crippen molar-refractivity contribution in [2.24, 2.45) is 0 Å². The number of piperazine rings is 1. The highest BCUT2D eigenvalue weighted by Crippen LogP contribution is 2.18. The molecular formula is C17H24N2O5. The minimum Gasteiger partial charge on any atom is -0.508 e. The summed E-state index contributed by atoms with van der Waals surface area (Å²) in [5.74, 6) is 0.627. The highest BCUT2D eigenvalue weighted by Gasteiger charge is 2.27. The average Bonchev–Trinajstić information content (AvgIpc) is 2.61. The number of hydrogen-bond donors (Lipinski definition) is 1. The van der Waals surface area contributed by atoms with Crippen LogP contribution in [0.25, 0.3) is 0 Å². The second-order valence-electron chi connectivity index (χ2n) is 5.70. The van der Waals surface area contributed by atoms with Gasteiger partial charge in [0.2, 0.25) is 5.91 Å². The van der Waals surface area contributed by atoms with Crippen molar-refractivity contribution >= 4 is 11.8 Å². The van der Waals surface area contributed by atoms with Gasteiger partial charge in [0.25, 0.3) is 5.91 Å². The molecule has 7 nitrogen and oxygen atoms in total. The normalized spacial score (nSPS) is 15.9. The van der Waals surface area contributed by atoms with Crippen LogP contribution in [0.1, 0.15) is 13.3 Å². The highest BCUT2D eigenvalue weighted by molar-refractivity contribution is 5.81. The van der Waals surface area contributed by atoms with E-state index in [0.29, 0.717) is 45.0 Å². The van der Waals surface area contributed by atoms with Gasteiger partial charge in [-0.2, -0.15) is 0 Å². The zero-order valence-electron chi connectivity index (χ0n) is 14.1. The van der Waals surface area contributed by atoms with Crippen LogP contribution in [0.2, 0.25) is 0 Å². The number of aromatic hydroxyl groups is 1. The van der Waals surface area contributed by atoms with Gasteiger partial charge in [0, 0.05) is 33.3 Å². The lowest BCUT2D eigenvalue weighted by Gasteiger charge is -2.36. The van der Waals surface area contributed by atoms with Crippen molar-refractivity contribution in [1.29, 1.82) is 0 Å². The molecule has 0 spiro atoms. The molecule has 1 unspecified atom stereocenters. The lowest BCUT2D eigenvalue weighted by molar-refractivity contribution is -0.144. The molecule has 132 valence electrons. The Labute approximate surface area is 141 Å². The fourth-order valence-electron chi connectivity index (χ4n) is 2.56. The molecule has 1 heterocycles. The van der Waals surface area contributed by atoms with E-state index in [4.69, 9.17) is 9.47 Å². The Balaban J connectivity index is 1.81. The fraction of sp³-hybridized carbons (Fsp3) is 0.529. The summed E-state index contributed by atoms with van der Waals surface area (Å²) < 4.78 is 10.5. The third-order valence-electron chi connectivity index (χ3n) is 3.96. The Hall–Kier alpha value is -2.28. The highest BCUT2D eigenvalue weighted by atomic mass is 16.5. The zero-order chi connectivity index (χ0) is 17.5. The van der Waals surface area contributed by atoms with Crippen molar-refractivity contribution in [2.45, 2.75) is 19.4 Å². The number of amides is 2. The van der Waals surface area contributed by atoms with E-state index in [2.05, 4.69) is 0 Å². The molecule has 1 fully saturated rings. The number of carbonyl (C=O) groups excluding carboxylic acids is 2. The lowest BCUT2D eigenvalue weighted by Crippen LogP contribution is -2.53. The second kappa shape index (κ2) is 8.54. The number of phenolic OH excluding ortho intramolecular Hbond substituents is 1. The molecule has 1 N–H and O–H groups in total. The third-order valence-corrected chi connectivity index (χ3v) is 3.96. The molecule has 2 amide bonds. The van der Waals surface area contributed by atoms with E-state index in [1.54, 1.807) is 36.0 Å². The van der Waals surface area contributed by atoms with E-state index in [0.717, 1.165) is 0 Å². The Kier molecular flexibility index (Phi) is 6.43. The van der Waals surface area contributed by atoms with Crippen molar-refractivity contribution in [2.75, 3.05) is 39.9 Å². The van der Waals surface area contributed by atoms with Gasteiger partial charge in [-0.3, -0.25) is 9.59 Å². The summed E-state index contributed by atoms with van der Waals surface area (Å²) in [5, 5.41) is 9.26. The minimum atomic E-state index is -0.620. The van der Waals surface area contributed by atoms with Gasteiger partial charge in [0.05, 0.1) is 13.0 Å². The number of carbonyl (C=O) groups is 2. The zero-order valence-corrected chi connectivity index (χ0v) is 14.1. The van der Waals surface area contributed by atoms with Gasteiger partial charge in [-0.25, -0.2) is 0 Å². The van der Waals surface area contributed by atoms with Crippen molar-refractivity contribution in [3.63, 3.8) is 0 Å². The van der Waals surface area contributed by atoms with Crippen LogP contribution in [0.5, 0.6) is 11.5 Å². The summed E-state index contributed by atoms with van der Waals surface area (Å²) in [6.07, 6.45) is -0.254. The number of benzene rings is 1. The summed E-state index contributed by atoms with van der Waals surface area (Å²) in [7, 11) is 1.57. The summed E-state index contributed by atoms with van der Waals surface area (Å²) in [4.78, 5) is 27.9. The molecule has 24 heavy (non-hydrogen) atoms. The summed E-state index contributed by atoms with van der Waals surface area (Å²) >= 11 is 0. The molecule has 1 saturated heterocycles. The molecule has 1 aromatic carbocycles. The summed E-state index contributed by atoms with van der Waals surface area (Å²) in [6, 6.07) is 6.25. The van der Waals surface area contributed by atoms with Crippen LogP contribution in [-0.4, -0.2) is 72.7 Å². The monoisotopic (exact) mass is 336 g/mol. The fourth-order valence-corrected chi connectivity index (χ4v) is 2.56. The van der Waals surface area contributed by atoms with E-state index in [-0.39, 0.29) is 17.6 Å². The van der Waals surface area contributed by atoms with E-state index in [1.807, 2.05) is 0 Å². The topological polar surface area (TPSA) is 79.3 Å². The van der Waals surface area contributed by atoms with Crippen LogP contribution in [-0.2, 0) is 14.3 Å². The molecule has 2 rings (SSSR count).